The molecule has 0 fully saturated rings. The molecule has 10 heteroatoms. The molecule has 172 valence electrons. The Bertz CT molecular complexity index is 1300. The number of hydrogen-bond donors (Lipinski definition) is 2. The van der Waals surface area contributed by atoms with Crippen LogP contribution in [0.1, 0.15) is 0 Å². The lowest BCUT2D eigenvalue weighted by Gasteiger charge is -2.11. The molecule has 0 aliphatic carbocycles. The third kappa shape index (κ3) is 5.65. The van der Waals surface area contributed by atoms with E-state index in [4.69, 9.17) is 0 Å². The van der Waals surface area contributed by atoms with Crippen LogP contribution in [0.5, 0.6) is 0 Å². The van der Waals surface area contributed by atoms with Crippen LogP contribution in [0.2, 0.25) is 0 Å². The summed E-state index contributed by atoms with van der Waals surface area (Å²) in [7, 11) is 0. The quantitative estimate of drug-likeness (QED) is 0.372. The molecule has 1 heterocycles. The van der Waals surface area contributed by atoms with E-state index in [1.165, 1.54) is 30.3 Å². The SMILES string of the molecule is O=C(CSc1nnc(-c2ccccc2F)n1-c1ccccc1)NCC(=O)Nc1ccc(F)cc1. The summed E-state index contributed by atoms with van der Waals surface area (Å²) in [5.41, 5.74) is 1.42. The van der Waals surface area contributed by atoms with Gasteiger partial charge in [0.2, 0.25) is 11.8 Å². The molecule has 3 aromatic carbocycles. The fourth-order valence-corrected chi connectivity index (χ4v) is 3.87. The molecule has 0 atom stereocenters. The molecule has 0 spiro atoms. The van der Waals surface area contributed by atoms with Crippen molar-refractivity contribution >= 4 is 29.3 Å². The lowest BCUT2D eigenvalue weighted by Crippen LogP contribution is -2.33. The Balaban J connectivity index is 1.42. The number of anilines is 1. The molecular weight excluding hydrogens is 460 g/mol. The van der Waals surface area contributed by atoms with E-state index in [0.29, 0.717) is 22.4 Å². The number of carbonyl (C=O) groups is 2. The monoisotopic (exact) mass is 479 g/mol. The van der Waals surface area contributed by atoms with Gasteiger partial charge in [-0.05, 0) is 48.5 Å². The first kappa shape index (κ1) is 23.1. The third-order valence-corrected chi connectivity index (χ3v) is 5.60. The van der Waals surface area contributed by atoms with E-state index >= 15 is 0 Å². The van der Waals surface area contributed by atoms with E-state index in [1.54, 1.807) is 22.8 Å². The van der Waals surface area contributed by atoms with E-state index in [9.17, 15) is 18.4 Å². The zero-order valence-electron chi connectivity index (χ0n) is 17.7. The second kappa shape index (κ2) is 10.7. The van der Waals surface area contributed by atoms with Gasteiger partial charge in [0.1, 0.15) is 11.6 Å². The Morgan fingerprint density at radius 3 is 2.29 bits per heavy atom. The molecule has 0 bridgehead atoms. The van der Waals surface area contributed by atoms with Crippen LogP contribution >= 0.6 is 11.8 Å². The summed E-state index contributed by atoms with van der Waals surface area (Å²) in [6.45, 7) is -0.247. The van der Waals surface area contributed by atoms with Crippen molar-refractivity contribution in [3.05, 3.63) is 90.5 Å². The largest absolute Gasteiger partial charge is 0.346 e. The number of rotatable bonds is 8. The Morgan fingerprint density at radius 1 is 0.853 bits per heavy atom. The third-order valence-electron chi connectivity index (χ3n) is 4.67. The van der Waals surface area contributed by atoms with E-state index in [1.807, 2.05) is 30.3 Å². The molecule has 2 N–H and O–H groups in total. The lowest BCUT2D eigenvalue weighted by molar-refractivity contribution is -0.122. The van der Waals surface area contributed by atoms with Crippen molar-refractivity contribution in [2.45, 2.75) is 5.16 Å². The van der Waals surface area contributed by atoms with Gasteiger partial charge in [-0.3, -0.25) is 14.2 Å². The number of halogens is 2. The average molecular weight is 480 g/mol. The minimum absolute atomic E-state index is 0.0356. The topological polar surface area (TPSA) is 88.9 Å². The van der Waals surface area contributed by atoms with Crippen molar-refractivity contribution in [1.82, 2.24) is 20.1 Å². The van der Waals surface area contributed by atoms with Gasteiger partial charge in [0.05, 0.1) is 17.9 Å². The van der Waals surface area contributed by atoms with Crippen LogP contribution in [0.4, 0.5) is 14.5 Å². The summed E-state index contributed by atoms with van der Waals surface area (Å²) in [5.74, 6) is -1.41. The van der Waals surface area contributed by atoms with Crippen LogP contribution in [0.3, 0.4) is 0 Å². The first-order valence-corrected chi connectivity index (χ1v) is 11.2. The van der Waals surface area contributed by atoms with Gasteiger partial charge >= 0.3 is 0 Å². The Labute approximate surface area is 198 Å². The zero-order valence-corrected chi connectivity index (χ0v) is 18.6. The summed E-state index contributed by atoms with van der Waals surface area (Å²) < 4.78 is 29.1. The van der Waals surface area contributed by atoms with Crippen LogP contribution < -0.4 is 10.6 Å². The molecule has 0 saturated heterocycles. The number of carbonyl (C=O) groups excluding carboxylic acids is 2. The average Bonchev–Trinajstić information content (AvgIpc) is 3.27. The van der Waals surface area contributed by atoms with Gasteiger partial charge in [-0.15, -0.1) is 10.2 Å². The number of benzene rings is 3. The highest BCUT2D eigenvalue weighted by Gasteiger charge is 2.19. The summed E-state index contributed by atoms with van der Waals surface area (Å²) in [5, 5.41) is 13.8. The number of nitrogens with zero attached hydrogens (tertiary/aromatic N) is 3. The van der Waals surface area contributed by atoms with Gasteiger partial charge in [0, 0.05) is 11.4 Å². The molecule has 0 radical (unpaired) electrons. The molecule has 7 nitrogen and oxygen atoms in total. The maximum Gasteiger partial charge on any atom is 0.243 e. The zero-order chi connectivity index (χ0) is 23.9. The van der Waals surface area contributed by atoms with E-state index in [2.05, 4.69) is 20.8 Å². The standard InChI is InChI=1S/C24H19F2N5O2S/c25-16-10-12-17(13-11-16)28-21(32)14-27-22(33)15-34-24-30-29-23(19-8-4-5-9-20(19)26)31(24)18-6-2-1-3-7-18/h1-13H,14-15H2,(H,27,33)(H,28,32). The lowest BCUT2D eigenvalue weighted by atomic mass is 10.2. The summed E-state index contributed by atoms with van der Waals surface area (Å²) in [6, 6.07) is 20.7. The van der Waals surface area contributed by atoms with Crippen molar-refractivity contribution in [3.8, 4) is 17.1 Å². The molecule has 34 heavy (non-hydrogen) atoms. The van der Waals surface area contributed by atoms with Crippen molar-refractivity contribution < 1.29 is 18.4 Å². The molecule has 4 aromatic rings. The maximum atomic E-state index is 14.4. The molecule has 2 amide bonds. The molecule has 0 unspecified atom stereocenters. The first-order valence-electron chi connectivity index (χ1n) is 10.2. The summed E-state index contributed by atoms with van der Waals surface area (Å²) >= 11 is 1.11. The van der Waals surface area contributed by atoms with Crippen molar-refractivity contribution in [2.75, 3.05) is 17.6 Å². The van der Waals surface area contributed by atoms with Gasteiger partial charge in [-0.1, -0.05) is 42.1 Å². The van der Waals surface area contributed by atoms with Gasteiger partial charge in [0.25, 0.3) is 0 Å². The number of aromatic nitrogens is 3. The smallest absolute Gasteiger partial charge is 0.243 e. The fraction of sp³-hybridized carbons (Fsp3) is 0.0833. The second-order valence-corrected chi connectivity index (χ2v) is 8.02. The Morgan fingerprint density at radius 2 is 1.56 bits per heavy atom. The molecular formula is C24H19F2N5O2S. The maximum absolute atomic E-state index is 14.4. The number of amides is 2. The number of thioether (sulfide) groups is 1. The number of hydrogen-bond acceptors (Lipinski definition) is 5. The van der Waals surface area contributed by atoms with Crippen LogP contribution in [0.25, 0.3) is 17.1 Å². The molecule has 0 aliphatic rings. The molecule has 1 aromatic heterocycles. The summed E-state index contributed by atoms with van der Waals surface area (Å²) in [4.78, 5) is 24.3. The van der Waals surface area contributed by atoms with Crippen molar-refractivity contribution in [2.24, 2.45) is 0 Å². The Kier molecular flexibility index (Phi) is 7.28. The summed E-state index contributed by atoms with van der Waals surface area (Å²) in [6.07, 6.45) is 0. The molecule has 0 saturated carbocycles. The second-order valence-electron chi connectivity index (χ2n) is 7.08. The predicted octanol–water partition coefficient (Wildman–Crippen LogP) is 4.06. The highest BCUT2D eigenvalue weighted by atomic mass is 32.2. The molecule has 4 rings (SSSR count). The van der Waals surface area contributed by atoms with Crippen molar-refractivity contribution in [1.29, 1.82) is 0 Å². The predicted molar refractivity (Wildman–Crippen MR) is 126 cm³/mol. The van der Waals surface area contributed by atoms with Crippen LogP contribution in [0.15, 0.2) is 84.0 Å². The van der Waals surface area contributed by atoms with Gasteiger partial charge in [-0.25, -0.2) is 8.78 Å². The Hall–Kier alpha value is -4.05. The molecule has 0 aliphatic heterocycles. The van der Waals surface area contributed by atoms with Crippen molar-refractivity contribution in [3.63, 3.8) is 0 Å². The van der Waals surface area contributed by atoms with Crippen LogP contribution in [0, 0.1) is 11.6 Å². The number of nitrogens with one attached hydrogen (secondary N) is 2. The number of para-hydroxylation sites is 1. The fourth-order valence-electron chi connectivity index (χ4n) is 3.09. The van der Waals surface area contributed by atoms with Gasteiger partial charge in [-0.2, -0.15) is 0 Å². The minimum Gasteiger partial charge on any atom is -0.346 e. The normalized spacial score (nSPS) is 10.6. The minimum atomic E-state index is -0.445. The van der Waals surface area contributed by atoms with E-state index < -0.39 is 23.4 Å². The van der Waals surface area contributed by atoms with Gasteiger partial charge in [0.15, 0.2) is 11.0 Å². The highest BCUT2D eigenvalue weighted by Crippen LogP contribution is 2.29. The van der Waals surface area contributed by atoms with Crippen LogP contribution in [-0.2, 0) is 9.59 Å². The van der Waals surface area contributed by atoms with Gasteiger partial charge < -0.3 is 10.6 Å². The van der Waals surface area contributed by atoms with E-state index in [-0.39, 0.29) is 17.9 Å². The van der Waals surface area contributed by atoms with E-state index in [0.717, 1.165) is 11.8 Å². The van der Waals surface area contributed by atoms with Crippen LogP contribution in [-0.4, -0.2) is 38.9 Å². The highest BCUT2D eigenvalue weighted by molar-refractivity contribution is 7.99. The first-order chi connectivity index (χ1) is 16.5.